The van der Waals surface area contributed by atoms with Gasteiger partial charge in [0.2, 0.25) is 0 Å². The Labute approximate surface area is 111 Å². The van der Waals surface area contributed by atoms with Gasteiger partial charge < -0.3 is 25.2 Å². The van der Waals surface area contributed by atoms with E-state index in [-0.39, 0.29) is 13.2 Å². The van der Waals surface area contributed by atoms with E-state index < -0.39 is 5.60 Å². The maximum Gasteiger partial charge on any atom is 0.180 e. The predicted octanol–water partition coefficient (Wildman–Crippen LogP) is 0.316. The summed E-state index contributed by atoms with van der Waals surface area (Å²) in [6, 6.07) is 0. The number of aliphatic hydroxyl groups excluding tert-OH is 1. The molecular formula is C12H19N5O2. The number of nitrogens with one attached hydrogen (secondary N) is 2. The van der Waals surface area contributed by atoms with E-state index in [1.807, 2.05) is 23.7 Å². The van der Waals surface area contributed by atoms with Crippen molar-refractivity contribution in [3.05, 3.63) is 18.6 Å². The number of fused-ring (bicyclic) bond motifs is 1. The van der Waals surface area contributed by atoms with Gasteiger partial charge in [0.05, 0.1) is 12.8 Å². The summed E-state index contributed by atoms with van der Waals surface area (Å²) < 4.78 is 1.85. The molecule has 0 saturated heterocycles. The van der Waals surface area contributed by atoms with Crippen LogP contribution in [0.5, 0.6) is 0 Å². The highest BCUT2D eigenvalue weighted by Crippen LogP contribution is 2.17. The lowest BCUT2D eigenvalue weighted by Gasteiger charge is -2.21. The van der Waals surface area contributed by atoms with Crippen molar-refractivity contribution in [1.82, 2.24) is 14.4 Å². The molecule has 104 valence electrons. The van der Waals surface area contributed by atoms with Crippen LogP contribution in [-0.2, 0) is 0 Å². The largest absolute Gasteiger partial charge is 0.393 e. The molecule has 2 aromatic rings. The van der Waals surface area contributed by atoms with Gasteiger partial charge in [0.15, 0.2) is 11.5 Å². The Morgan fingerprint density at radius 2 is 2.21 bits per heavy atom. The third-order valence-corrected chi connectivity index (χ3v) is 2.71. The van der Waals surface area contributed by atoms with Gasteiger partial charge in [-0.3, -0.25) is 0 Å². The van der Waals surface area contributed by atoms with Crippen LogP contribution in [0, 0.1) is 0 Å². The standard InChI is InChI=1S/C12H19N5O2/c1-3-13-9-6-17-5-4-14-11(17)10(16-9)15-7-12(2,19)8-18/h4-6,13,18-19H,3,7-8H2,1-2H3,(H,15,16). The molecule has 0 saturated carbocycles. The van der Waals surface area contributed by atoms with Crippen molar-refractivity contribution in [3.8, 4) is 0 Å². The molecule has 7 nitrogen and oxygen atoms in total. The van der Waals surface area contributed by atoms with Gasteiger partial charge >= 0.3 is 0 Å². The van der Waals surface area contributed by atoms with Crippen molar-refractivity contribution < 1.29 is 10.2 Å². The molecule has 0 amide bonds. The number of hydrogen-bond acceptors (Lipinski definition) is 6. The Bertz CT molecular complexity index is 552. The van der Waals surface area contributed by atoms with E-state index >= 15 is 0 Å². The summed E-state index contributed by atoms with van der Waals surface area (Å²) in [5.74, 6) is 1.29. The number of hydrogen-bond donors (Lipinski definition) is 4. The number of nitrogens with zero attached hydrogens (tertiary/aromatic N) is 3. The molecule has 2 aromatic heterocycles. The van der Waals surface area contributed by atoms with Crippen molar-refractivity contribution in [1.29, 1.82) is 0 Å². The highest BCUT2D eigenvalue weighted by molar-refractivity contribution is 5.65. The summed E-state index contributed by atoms with van der Waals surface area (Å²) in [6.07, 6.45) is 5.36. The van der Waals surface area contributed by atoms with Gasteiger partial charge in [-0.1, -0.05) is 0 Å². The van der Waals surface area contributed by atoms with Crippen LogP contribution < -0.4 is 10.6 Å². The fourth-order valence-electron chi connectivity index (χ4n) is 1.65. The van der Waals surface area contributed by atoms with Crippen LogP contribution in [0.3, 0.4) is 0 Å². The Kier molecular flexibility index (Phi) is 3.87. The van der Waals surface area contributed by atoms with E-state index in [9.17, 15) is 5.11 Å². The first-order chi connectivity index (χ1) is 9.05. The molecule has 2 heterocycles. The summed E-state index contributed by atoms with van der Waals surface area (Å²) in [6.45, 7) is 4.17. The van der Waals surface area contributed by atoms with Gasteiger partial charge in [0.1, 0.15) is 11.4 Å². The van der Waals surface area contributed by atoms with Gasteiger partial charge in [-0.25, -0.2) is 9.97 Å². The van der Waals surface area contributed by atoms with Crippen LogP contribution >= 0.6 is 0 Å². The number of anilines is 2. The summed E-state index contributed by atoms with van der Waals surface area (Å²) in [5.41, 5.74) is -0.519. The molecule has 0 bridgehead atoms. The topological polar surface area (TPSA) is 94.7 Å². The summed E-state index contributed by atoms with van der Waals surface area (Å²) >= 11 is 0. The Morgan fingerprint density at radius 3 is 2.89 bits per heavy atom. The summed E-state index contributed by atoms with van der Waals surface area (Å²) in [4.78, 5) is 8.61. The van der Waals surface area contributed by atoms with E-state index in [1.165, 1.54) is 0 Å². The van der Waals surface area contributed by atoms with Gasteiger partial charge in [0, 0.05) is 25.5 Å². The fourth-order valence-corrected chi connectivity index (χ4v) is 1.65. The van der Waals surface area contributed by atoms with Crippen LogP contribution in [-0.4, -0.2) is 49.9 Å². The zero-order valence-corrected chi connectivity index (χ0v) is 11.1. The number of aromatic nitrogens is 3. The first-order valence-electron chi connectivity index (χ1n) is 6.20. The SMILES string of the molecule is CCNc1cn2ccnc2c(NCC(C)(O)CO)n1. The zero-order valence-electron chi connectivity index (χ0n) is 11.1. The highest BCUT2D eigenvalue weighted by atomic mass is 16.3. The molecule has 0 radical (unpaired) electrons. The first-order valence-corrected chi connectivity index (χ1v) is 6.20. The molecule has 1 unspecified atom stereocenters. The van der Waals surface area contributed by atoms with Gasteiger partial charge in [-0.2, -0.15) is 0 Å². The summed E-state index contributed by atoms with van der Waals surface area (Å²) in [5, 5.41) is 25.0. The molecule has 0 aliphatic heterocycles. The van der Waals surface area contributed by atoms with Crippen LogP contribution in [0.25, 0.3) is 5.65 Å². The van der Waals surface area contributed by atoms with Crippen LogP contribution in [0.1, 0.15) is 13.8 Å². The van der Waals surface area contributed by atoms with E-state index in [4.69, 9.17) is 5.11 Å². The minimum absolute atomic E-state index is 0.189. The molecule has 1 atom stereocenters. The fraction of sp³-hybridized carbons (Fsp3) is 0.500. The first kappa shape index (κ1) is 13.6. The van der Waals surface area contributed by atoms with Gasteiger partial charge in [0.25, 0.3) is 0 Å². The average Bonchev–Trinajstić information content (AvgIpc) is 2.85. The van der Waals surface area contributed by atoms with E-state index in [2.05, 4.69) is 20.6 Å². The molecule has 7 heteroatoms. The zero-order chi connectivity index (χ0) is 13.9. The van der Waals surface area contributed by atoms with Gasteiger partial charge in [-0.05, 0) is 13.8 Å². The van der Waals surface area contributed by atoms with Gasteiger partial charge in [-0.15, -0.1) is 0 Å². The Hall–Kier alpha value is -1.86. The molecule has 19 heavy (non-hydrogen) atoms. The normalized spacial score (nSPS) is 14.3. The molecule has 0 fully saturated rings. The Balaban J connectivity index is 2.27. The number of aliphatic hydroxyl groups is 2. The second-order valence-corrected chi connectivity index (χ2v) is 4.67. The molecular weight excluding hydrogens is 246 g/mol. The minimum Gasteiger partial charge on any atom is -0.393 e. The molecule has 2 rings (SSSR count). The second-order valence-electron chi connectivity index (χ2n) is 4.67. The lowest BCUT2D eigenvalue weighted by molar-refractivity contribution is 0.0132. The maximum atomic E-state index is 9.80. The van der Waals surface area contributed by atoms with Crippen LogP contribution in [0.15, 0.2) is 18.6 Å². The molecule has 4 N–H and O–H groups in total. The third-order valence-electron chi connectivity index (χ3n) is 2.71. The summed E-state index contributed by atoms with van der Waals surface area (Å²) in [7, 11) is 0. The number of rotatable bonds is 6. The smallest absolute Gasteiger partial charge is 0.180 e. The minimum atomic E-state index is -1.19. The second kappa shape index (κ2) is 5.41. The van der Waals surface area contributed by atoms with E-state index in [0.29, 0.717) is 11.5 Å². The van der Waals surface area contributed by atoms with Crippen LogP contribution in [0.4, 0.5) is 11.6 Å². The Morgan fingerprint density at radius 1 is 1.42 bits per heavy atom. The maximum absolute atomic E-state index is 9.80. The molecule has 0 aromatic carbocycles. The van der Waals surface area contributed by atoms with Crippen molar-refractivity contribution >= 4 is 17.3 Å². The lowest BCUT2D eigenvalue weighted by atomic mass is 10.1. The van der Waals surface area contributed by atoms with E-state index in [1.54, 1.807) is 13.1 Å². The molecule has 0 aliphatic rings. The predicted molar refractivity (Wildman–Crippen MR) is 73.4 cm³/mol. The number of imidazole rings is 1. The third kappa shape index (κ3) is 3.12. The van der Waals surface area contributed by atoms with Crippen molar-refractivity contribution in [2.45, 2.75) is 19.4 Å². The average molecular weight is 265 g/mol. The molecule has 0 spiro atoms. The highest BCUT2D eigenvalue weighted by Gasteiger charge is 2.19. The molecule has 0 aliphatic carbocycles. The monoisotopic (exact) mass is 265 g/mol. The quantitative estimate of drug-likeness (QED) is 0.601. The van der Waals surface area contributed by atoms with E-state index in [0.717, 1.165) is 12.4 Å². The van der Waals surface area contributed by atoms with Crippen LogP contribution in [0.2, 0.25) is 0 Å². The lowest BCUT2D eigenvalue weighted by Crippen LogP contribution is -2.37. The van der Waals surface area contributed by atoms with Crippen molar-refractivity contribution in [2.24, 2.45) is 0 Å². The van der Waals surface area contributed by atoms with Crippen molar-refractivity contribution in [2.75, 3.05) is 30.3 Å². The van der Waals surface area contributed by atoms with Crippen molar-refractivity contribution in [3.63, 3.8) is 0 Å².